The second-order valence-corrected chi connectivity index (χ2v) is 6.26. The highest BCUT2D eigenvalue weighted by atomic mass is 16.6. The van der Waals surface area contributed by atoms with Crippen LogP contribution in [0.25, 0.3) is 0 Å². The lowest BCUT2D eigenvalue weighted by Gasteiger charge is -2.15. The number of benzene rings is 1. The number of hydrazine groups is 1. The summed E-state index contributed by atoms with van der Waals surface area (Å²) in [6.07, 6.45) is -0.721. The van der Waals surface area contributed by atoms with E-state index in [-0.39, 0.29) is 6.61 Å². The van der Waals surface area contributed by atoms with Crippen LogP contribution < -0.4 is 20.7 Å². The number of carbonyl (C=O) groups excluding carboxylic acids is 1. The minimum Gasteiger partial charge on any atom is -0.487 e. The van der Waals surface area contributed by atoms with Crippen molar-refractivity contribution >= 4 is 6.09 Å². The number of hydrogen-bond acceptors (Lipinski definition) is 10. The molecule has 0 aromatic heterocycles. The number of nitrogens with one attached hydrogen (secondary N) is 1. The van der Waals surface area contributed by atoms with E-state index in [0.717, 1.165) is 5.56 Å². The lowest BCUT2D eigenvalue weighted by Crippen LogP contribution is -2.30. The molecule has 11 nitrogen and oxygen atoms in total. The molecule has 1 aliphatic rings. The Morgan fingerprint density at radius 2 is 1.19 bits per heavy atom. The number of nitrogens with two attached hydrogens (primary N) is 1. The predicted octanol–water partition coefficient (Wildman–Crippen LogP) is 0.641. The van der Waals surface area contributed by atoms with Gasteiger partial charge < -0.3 is 37.9 Å². The average molecular weight is 444 g/mol. The highest BCUT2D eigenvalue weighted by molar-refractivity contribution is 5.66. The van der Waals surface area contributed by atoms with Crippen LogP contribution in [0.3, 0.4) is 0 Å². The van der Waals surface area contributed by atoms with Crippen molar-refractivity contribution in [3.8, 4) is 11.5 Å². The Balaban J connectivity index is 1.88. The molecule has 11 heteroatoms. The Bertz CT molecular complexity index is 618. The van der Waals surface area contributed by atoms with Crippen LogP contribution in [-0.2, 0) is 35.0 Å². The van der Waals surface area contributed by atoms with Gasteiger partial charge in [-0.1, -0.05) is 6.07 Å². The van der Waals surface area contributed by atoms with Gasteiger partial charge in [0.2, 0.25) is 0 Å². The third kappa shape index (κ3) is 11.7. The Kier molecular flexibility index (Phi) is 13.4. The topological polar surface area (TPSA) is 129 Å². The number of amides is 1. The molecule has 0 aliphatic carbocycles. The molecule has 0 bridgehead atoms. The molecule has 0 atom stereocenters. The summed E-state index contributed by atoms with van der Waals surface area (Å²) >= 11 is 0. The zero-order chi connectivity index (χ0) is 22.0. The Hall–Kier alpha value is -2.15. The van der Waals surface area contributed by atoms with Crippen LogP contribution in [0.15, 0.2) is 18.2 Å². The summed E-state index contributed by atoms with van der Waals surface area (Å²) in [4.78, 5) is 11.2. The number of fused-ring (bicyclic) bond motifs is 1. The fourth-order valence-electron chi connectivity index (χ4n) is 2.47. The summed E-state index contributed by atoms with van der Waals surface area (Å²) in [6.45, 7) is 5.40. The van der Waals surface area contributed by atoms with Gasteiger partial charge in [0.1, 0.15) is 19.8 Å². The maximum absolute atomic E-state index is 11.2. The van der Waals surface area contributed by atoms with Gasteiger partial charge in [0.15, 0.2) is 11.5 Å². The fourth-order valence-corrected chi connectivity index (χ4v) is 2.47. The molecule has 1 aliphatic heterocycles. The lowest BCUT2D eigenvalue weighted by atomic mass is 10.2. The molecule has 1 aromatic carbocycles. The van der Waals surface area contributed by atoms with Gasteiger partial charge in [-0.2, -0.15) is 0 Å². The molecule has 0 radical (unpaired) electrons. The molecule has 176 valence electrons. The predicted molar refractivity (Wildman–Crippen MR) is 109 cm³/mol. The van der Waals surface area contributed by atoms with Crippen molar-refractivity contribution in [2.24, 2.45) is 5.84 Å². The first-order valence-electron chi connectivity index (χ1n) is 10.2. The van der Waals surface area contributed by atoms with E-state index in [9.17, 15) is 4.79 Å². The van der Waals surface area contributed by atoms with Gasteiger partial charge in [-0.15, -0.1) is 0 Å². The molecule has 2 rings (SSSR count). The quantitative estimate of drug-likeness (QED) is 0.381. The molecular weight excluding hydrogens is 412 g/mol. The Labute approximate surface area is 181 Å². The zero-order valence-electron chi connectivity index (χ0n) is 17.7. The summed E-state index contributed by atoms with van der Waals surface area (Å²) in [7, 11) is 0. The van der Waals surface area contributed by atoms with Crippen molar-refractivity contribution in [2.45, 2.75) is 6.61 Å². The normalized spacial score (nSPS) is 18.4. The first kappa shape index (κ1) is 25.1. The van der Waals surface area contributed by atoms with E-state index < -0.39 is 6.09 Å². The molecule has 1 amide bonds. The molecule has 1 aromatic rings. The van der Waals surface area contributed by atoms with Gasteiger partial charge in [-0.25, -0.2) is 10.6 Å². The highest BCUT2D eigenvalue weighted by Gasteiger charge is 2.09. The smallest absolute Gasteiger partial charge is 0.421 e. The second kappa shape index (κ2) is 16.5. The fraction of sp³-hybridized carbons (Fsp3) is 0.650. The monoisotopic (exact) mass is 444 g/mol. The van der Waals surface area contributed by atoms with Crippen LogP contribution in [0.4, 0.5) is 4.79 Å². The summed E-state index contributed by atoms with van der Waals surface area (Å²) in [5, 5.41) is 0. The van der Waals surface area contributed by atoms with Crippen molar-refractivity contribution < 1.29 is 42.7 Å². The van der Waals surface area contributed by atoms with Crippen molar-refractivity contribution in [1.82, 2.24) is 5.43 Å². The van der Waals surface area contributed by atoms with Gasteiger partial charge in [-0.05, 0) is 17.7 Å². The molecule has 31 heavy (non-hydrogen) atoms. The van der Waals surface area contributed by atoms with Gasteiger partial charge in [0.25, 0.3) is 0 Å². The number of ether oxygens (including phenoxy) is 8. The van der Waals surface area contributed by atoms with Crippen LogP contribution in [0.2, 0.25) is 0 Å². The Morgan fingerprint density at radius 1 is 0.742 bits per heavy atom. The number of hydrogen-bond donors (Lipinski definition) is 2. The molecule has 0 unspecified atom stereocenters. The first-order chi connectivity index (χ1) is 15.3. The summed E-state index contributed by atoms with van der Waals surface area (Å²) in [5.41, 5.74) is 2.63. The average Bonchev–Trinajstić information content (AvgIpc) is 2.79. The maximum Gasteiger partial charge on any atom is 0.421 e. The standard InChI is InChI=1S/C20H32N2O9/c21-22-20(23)31-16-17-1-2-18-19(15-17)30-14-12-28-10-8-26-6-4-24-3-5-25-7-9-27-11-13-29-18/h1-2,15H,3-14,16,21H2,(H,22,23). The second-order valence-electron chi connectivity index (χ2n) is 6.26. The van der Waals surface area contributed by atoms with Gasteiger partial charge >= 0.3 is 6.09 Å². The van der Waals surface area contributed by atoms with Gasteiger partial charge in [-0.3, -0.25) is 5.43 Å². The van der Waals surface area contributed by atoms with Gasteiger partial charge in [0, 0.05) is 0 Å². The van der Waals surface area contributed by atoms with Crippen molar-refractivity contribution in [3.63, 3.8) is 0 Å². The van der Waals surface area contributed by atoms with Crippen LogP contribution in [0.5, 0.6) is 11.5 Å². The number of rotatable bonds is 2. The molecule has 0 fully saturated rings. The maximum atomic E-state index is 11.2. The van der Waals surface area contributed by atoms with Crippen molar-refractivity contribution in [1.29, 1.82) is 0 Å². The van der Waals surface area contributed by atoms with Gasteiger partial charge in [0.05, 0.1) is 66.1 Å². The minimum absolute atomic E-state index is 0.0420. The van der Waals surface area contributed by atoms with Crippen molar-refractivity contribution in [2.75, 3.05) is 79.3 Å². The van der Waals surface area contributed by atoms with E-state index in [0.29, 0.717) is 90.8 Å². The third-order valence-corrected chi connectivity index (χ3v) is 3.95. The number of carbonyl (C=O) groups is 1. The summed E-state index contributed by atoms with van der Waals surface area (Å²) < 4.78 is 43.8. The largest absolute Gasteiger partial charge is 0.487 e. The van der Waals surface area contributed by atoms with E-state index >= 15 is 0 Å². The van der Waals surface area contributed by atoms with E-state index in [4.69, 9.17) is 43.7 Å². The Morgan fingerprint density at radius 3 is 1.68 bits per heavy atom. The van der Waals surface area contributed by atoms with Crippen LogP contribution in [0, 0.1) is 0 Å². The van der Waals surface area contributed by atoms with Crippen LogP contribution in [0.1, 0.15) is 5.56 Å². The first-order valence-corrected chi connectivity index (χ1v) is 10.2. The SMILES string of the molecule is NNC(=O)OCc1ccc2c(c1)OCCOCCOCCOCCOCCOCCO2. The minimum atomic E-state index is -0.721. The van der Waals surface area contributed by atoms with E-state index in [2.05, 4.69) is 0 Å². The molecule has 0 spiro atoms. The lowest BCUT2D eigenvalue weighted by molar-refractivity contribution is -0.0134. The molecular formula is C20H32N2O9. The molecule has 1 heterocycles. The van der Waals surface area contributed by atoms with Crippen LogP contribution >= 0.6 is 0 Å². The third-order valence-electron chi connectivity index (χ3n) is 3.95. The molecule has 0 saturated carbocycles. The molecule has 3 N–H and O–H groups in total. The van der Waals surface area contributed by atoms with Crippen molar-refractivity contribution in [3.05, 3.63) is 23.8 Å². The summed E-state index contributed by atoms with van der Waals surface area (Å²) in [6, 6.07) is 5.27. The van der Waals surface area contributed by atoms with E-state index in [1.165, 1.54) is 0 Å². The van der Waals surface area contributed by atoms with E-state index in [1.807, 2.05) is 5.43 Å². The zero-order valence-corrected chi connectivity index (χ0v) is 17.7. The van der Waals surface area contributed by atoms with Crippen LogP contribution in [-0.4, -0.2) is 85.4 Å². The highest BCUT2D eigenvalue weighted by Crippen LogP contribution is 2.29. The molecule has 0 saturated heterocycles. The van der Waals surface area contributed by atoms with E-state index in [1.54, 1.807) is 18.2 Å². The summed E-state index contributed by atoms with van der Waals surface area (Å²) in [5.74, 6) is 6.08.